The fourth-order valence-electron chi connectivity index (χ4n) is 1.79. The standard InChI is InChI=1S/C17H36N4O2.C5H10O.2C2H6/c1-16(2,3)14(22)19-9-12-21(11-8-18-7)13-10-20-15(23)17(4,5)6;1-5(2,3)4-6;2*1-2/h18H,8-13H2,1-7H3,(H,19,22)(H,20,23);4H,1-3H3;2*1-2H3. The minimum atomic E-state index is -0.365. The minimum absolute atomic E-state index is 0.0621. The largest absolute Gasteiger partial charge is 0.354 e. The zero-order valence-electron chi connectivity index (χ0n) is 24.5. The van der Waals surface area contributed by atoms with E-state index in [1.54, 1.807) is 0 Å². The summed E-state index contributed by atoms with van der Waals surface area (Å²) in [6, 6.07) is 0. The van der Waals surface area contributed by atoms with Crippen molar-refractivity contribution in [2.45, 2.75) is 90.0 Å². The van der Waals surface area contributed by atoms with Gasteiger partial charge in [-0.25, -0.2) is 0 Å². The van der Waals surface area contributed by atoms with Gasteiger partial charge in [0.15, 0.2) is 0 Å². The molecule has 0 bridgehead atoms. The summed E-state index contributed by atoms with van der Waals surface area (Å²) in [4.78, 5) is 35.8. The normalized spacial score (nSPS) is 11.0. The number of carbonyl (C=O) groups is 3. The predicted octanol–water partition coefficient (Wildman–Crippen LogP) is 4.12. The predicted molar refractivity (Wildman–Crippen MR) is 144 cm³/mol. The molecule has 0 saturated heterocycles. The van der Waals surface area contributed by atoms with Crippen molar-refractivity contribution in [3.63, 3.8) is 0 Å². The van der Waals surface area contributed by atoms with Crippen LogP contribution in [0.15, 0.2) is 0 Å². The number of rotatable bonds is 9. The van der Waals surface area contributed by atoms with Crippen molar-refractivity contribution in [1.82, 2.24) is 20.9 Å². The van der Waals surface area contributed by atoms with Gasteiger partial charge < -0.3 is 20.7 Å². The minimum Gasteiger partial charge on any atom is -0.354 e. The van der Waals surface area contributed by atoms with Gasteiger partial charge in [-0.1, -0.05) is 90.0 Å². The molecule has 2 amide bonds. The molecular formula is C26H58N4O3. The first kappa shape index (κ1) is 38.8. The number of carbonyl (C=O) groups excluding carboxylic acids is 3. The second-order valence-corrected chi connectivity index (χ2v) is 10.4. The third kappa shape index (κ3) is 28.5. The molecule has 33 heavy (non-hydrogen) atoms. The van der Waals surface area contributed by atoms with Gasteiger partial charge in [0.1, 0.15) is 6.29 Å². The molecule has 0 aromatic rings. The Balaban J connectivity index is -0.000000355. The first-order chi connectivity index (χ1) is 15.0. The Bertz CT molecular complexity index is 455. The monoisotopic (exact) mass is 474 g/mol. The van der Waals surface area contributed by atoms with E-state index in [1.807, 2.05) is 97.1 Å². The number of hydrogen-bond acceptors (Lipinski definition) is 5. The van der Waals surface area contributed by atoms with Crippen LogP contribution < -0.4 is 16.0 Å². The van der Waals surface area contributed by atoms with Gasteiger partial charge in [-0.15, -0.1) is 0 Å². The molecule has 7 nitrogen and oxygen atoms in total. The lowest BCUT2D eigenvalue weighted by Crippen LogP contribution is -2.45. The van der Waals surface area contributed by atoms with E-state index in [2.05, 4.69) is 20.9 Å². The number of amides is 2. The Morgan fingerprint density at radius 2 is 0.939 bits per heavy atom. The van der Waals surface area contributed by atoms with Gasteiger partial charge in [0.25, 0.3) is 0 Å². The van der Waals surface area contributed by atoms with Gasteiger partial charge >= 0.3 is 0 Å². The second-order valence-electron chi connectivity index (χ2n) is 10.4. The fourth-order valence-corrected chi connectivity index (χ4v) is 1.79. The first-order valence-electron chi connectivity index (χ1n) is 12.4. The summed E-state index contributed by atoms with van der Waals surface area (Å²) in [6.07, 6.45) is 0.938. The highest BCUT2D eigenvalue weighted by molar-refractivity contribution is 5.81. The lowest BCUT2D eigenvalue weighted by Gasteiger charge is -2.25. The highest BCUT2D eigenvalue weighted by Gasteiger charge is 2.21. The van der Waals surface area contributed by atoms with Gasteiger partial charge in [-0.2, -0.15) is 0 Å². The third-order valence-electron chi connectivity index (χ3n) is 3.82. The lowest BCUT2D eigenvalue weighted by molar-refractivity contribution is -0.129. The van der Waals surface area contributed by atoms with Crippen molar-refractivity contribution in [3.8, 4) is 0 Å². The molecule has 0 heterocycles. The smallest absolute Gasteiger partial charge is 0.225 e. The van der Waals surface area contributed by atoms with Crippen molar-refractivity contribution >= 4 is 18.1 Å². The van der Waals surface area contributed by atoms with Crippen LogP contribution in [0.4, 0.5) is 0 Å². The molecule has 0 unspecified atom stereocenters. The molecule has 0 aliphatic rings. The molecule has 3 N–H and O–H groups in total. The number of nitrogens with zero attached hydrogens (tertiary/aromatic N) is 1. The Morgan fingerprint density at radius 3 is 1.15 bits per heavy atom. The van der Waals surface area contributed by atoms with E-state index in [9.17, 15) is 14.4 Å². The van der Waals surface area contributed by atoms with Crippen LogP contribution in [0.25, 0.3) is 0 Å². The molecule has 0 aliphatic heterocycles. The summed E-state index contributed by atoms with van der Waals surface area (Å²) < 4.78 is 0. The number of hydrogen-bond donors (Lipinski definition) is 3. The van der Waals surface area contributed by atoms with Gasteiger partial charge in [0.2, 0.25) is 11.8 Å². The highest BCUT2D eigenvalue weighted by atomic mass is 16.2. The van der Waals surface area contributed by atoms with E-state index in [0.29, 0.717) is 13.1 Å². The van der Waals surface area contributed by atoms with Crippen LogP contribution in [0.2, 0.25) is 0 Å². The topological polar surface area (TPSA) is 90.5 Å². The van der Waals surface area contributed by atoms with Crippen molar-refractivity contribution in [2.75, 3.05) is 46.3 Å². The van der Waals surface area contributed by atoms with E-state index in [-0.39, 0.29) is 28.1 Å². The maximum Gasteiger partial charge on any atom is 0.225 e. The molecule has 200 valence electrons. The molecule has 0 radical (unpaired) electrons. The molecule has 0 aromatic carbocycles. The number of likely N-dealkylation sites (N-methyl/N-ethyl adjacent to an activating group) is 1. The SMILES string of the molecule is CC.CC.CC(C)(C)C=O.CNCCN(CCNC(=O)C(C)(C)C)CCNC(=O)C(C)(C)C. The van der Waals surface area contributed by atoms with Crippen LogP contribution in [-0.4, -0.2) is 69.3 Å². The number of nitrogens with one attached hydrogen (secondary N) is 3. The molecule has 0 spiro atoms. The summed E-state index contributed by atoms with van der Waals surface area (Å²) in [6.45, 7) is 29.6. The van der Waals surface area contributed by atoms with Gasteiger partial charge in [0.05, 0.1) is 0 Å². The maximum absolute atomic E-state index is 11.9. The molecule has 0 atom stereocenters. The number of aldehydes is 1. The fraction of sp³-hybridized carbons (Fsp3) is 0.885. The van der Waals surface area contributed by atoms with Crippen molar-refractivity contribution < 1.29 is 14.4 Å². The van der Waals surface area contributed by atoms with Gasteiger partial charge in [-0.05, 0) is 7.05 Å². The lowest BCUT2D eigenvalue weighted by atomic mass is 9.96. The van der Waals surface area contributed by atoms with Crippen LogP contribution in [0.1, 0.15) is 90.0 Å². The van der Waals surface area contributed by atoms with E-state index < -0.39 is 0 Å². The van der Waals surface area contributed by atoms with Crippen LogP contribution in [-0.2, 0) is 14.4 Å². The van der Waals surface area contributed by atoms with Crippen LogP contribution in [0.5, 0.6) is 0 Å². The Hall–Kier alpha value is -1.47. The van der Waals surface area contributed by atoms with Crippen molar-refractivity contribution in [2.24, 2.45) is 16.2 Å². The molecule has 0 saturated carbocycles. The second kappa shape index (κ2) is 21.1. The summed E-state index contributed by atoms with van der Waals surface area (Å²) in [5.74, 6) is 0.124. The maximum atomic E-state index is 11.9. The van der Waals surface area contributed by atoms with E-state index in [4.69, 9.17) is 0 Å². The van der Waals surface area contributed by atoms with Crippen LogP contribution in [0.3, 0.4) is 0 Å². The van der Waals surface area contributed by atoms with E-state index >= 15 is 0 Å². The quantitative estimate of drug-likeness (QED) is 0.437. The summed E-state index contributed by atoms with van der Waals surface area (Å²) in [5, 5.41) is 9.06. The Labute approximate surface area is 206 Å². The summed E-state index contributed by atoms with van der Waals surface area (Å²) in [7, 11) is 1.92. The first-order valence-corrected chi connectivity index (χ1v) is 12.4. The summed E-state index contributed by atoms with van der Waals surface area (Å²) in [5.41, 5.74) is -0.868. The average Bonchev–Trinajstić information content (AvgIpc) is 2.72. The van der Waals surface area contributed by atoms with E-state index in [0.717, 1.165) is 32.5 Å². The third-order valence-corrected chi connectivity index (χ3v) is 3.82. The summed E-state index contributed by atoms with van der Waals surface area (Å²) >= 11 is 0. The molecule has 0 fully saturated rings. The zero-order chi connectivity index (χ0) is 27.3. The van der Waals surface area contributed by atoms with Crippen molar-refractivity contribution in [1.29, 1.82) is 0 Å². The Kier molecular flexibility index (Phi) is 24.8. The Morgan fingerprint density at radius 1 is 0.667 bits per heavy atom. The van der Waals surface area contributed by atoms with Gasteiger partial charge in [-0.3, -0.25) is 14.5 Å². The molecular weight excluding hydrogens is 416 g/mol. The molecule has 0 aromatic heterocycles. The van der Waals surface area contributed by atoms with Crippen LogP contribution >= 0.6 is 0 Å². The average molecular weight is 475 g/mol. The van der Waals surface area contributed by atoms with E-state index in [1.165, 1.54) is 0 Å². The molecule has 0 aliphatic carbocycles. The van der Waals surface area contributed by atoms with Crippen molar-refractivity contribution in [3.05, 3.63) is 0 Å². The highest BCUT2D eigenvalue weighted by Crippen LogP contribution is 2.12. The van der Waals surface area contributed by atoms with Crippen LogP contribution in [0, 0.1) is 16.2 Å². The molecule has 7 heteroatoms. The molecule has 0 rings (SSSR count). The van der Waals surface area contributed by atoms with Gasteiger partial charge in [0, 0.05) is 55.5 Å². The zero-order valence-corrected chi connectivity index (χ0v) is 24.5.